The number of amidine groups is 1. The van der Waals surface area contributed by atoms with Crippen molar-refractivity contribution in [2.24, 2.45) is 4.40 Å². The van der Waals surface area contributed by atoms with Crippen molar-refractivity contribution in [1.82, 2.24) is 0 Å². The van der Waals surface area contributed by atoms with Gasteiger partial charge in [-0.05, 0) is 60.8 Å². The lowest BCUT2D eigenvalue weighted by Crippen LogP contribution is -2.29. The molecule has 0 atom stereocenters. The summed E-state index contributed by atoms with van der Waals surface area (Å²) in [4.78, 5) is 0. The molecule has 6 heteroatoms. The summed E-state index contributed by atoms with van der Waals surface area (Å²) in [7, 11) is -3.66. The Morgan fingerprint density at radius 3 is 2.20 bits per heavy atom. The number of benzene rings is 1. The molecule has 0 spiro atoms. The first-order valence-electron chi connectivity index (χ1n) is 6.84. The van der Waals surface area contributed by atoms with Crippen molar-refractivity contribution in [3.63, 3.8) is 0 Å². The van der Waals surface area contributed by atoms with E-state index < -0.39 is 16.0 Å². The van der Waals surface area contributed by atoms with Gasteiger partial charge in [0.2, 0.25) is 0 Å². The summed E-state index contributed by atoms with van der Waals surface area (Å²) in [6.07, 6.45) is 7.05. The minimum Gasteiger partial charge on any atom is -0.845 e. The van der Waals surface area contributed by atoms with Crippen LogP contribution in [0.15, 0.2) is 10.5 Å². The highest BCUT2D eigenvalue weighted by Crippen LogP contribution is 2.38. The number of hydrogen-bond donors (Lipinski definition) is 1. The smallest absolute Gasteiger partial charge is 0.251 e. The minimum absolute atomic E-state index is 0.790. The predicted octanol–water partition coefficient (Wildman–Crippen LogP) is 0.752. The second kappa shape index (κ2) is 4.77. The van der Waals surface area contributed by atoms with E-state index in [-0.39, 0.29) is 0 Å². The highest BCUT2D eigenvalue weighted by Gasteiger charge is 2.23. The molecule has 20 heavy (non-hydrogen) atoms. The fourth-order valence-corrected chi connectivity index (χ4v) is 3.59. The average Bonchev–Trinajstić information content (AvgIpc) is 2.93. The van der Waals surface area contributed by atoms with Crippen LogP contribution in [-0.4, -0.2) is 20.7 Å². The second-order valence-corrected chi connectivity index (χ2v) is 7.14. The predicted molar refractivity (Wildman–Crippen MR) is 76.4 cm³/mol. The summed E-state index contributed by atoms with van der Waals surface area (Å²) in [5, 5.41) is 14.5. The van der Waals surface area contributed by atoms with E-state index in [1.54, 1.807) is 0 Å². The number of fused-ring (bicyclic) bond motifs is 2. The van der Waals surface area contributed by atoms with Crippen molar-refractivity contribution in [2.45, 2.75) is 38.5 Å². The Morgan fingerprint density at radius 1 is 1.15 bits per heavy atom. The molecule has 1 aromatic rings. The molecule has 0 aliphatic heterocycles. The fourth-order valence-electron chi connectivity index (χ4n) is 3.25. The van der Waals surface area contributed by atoms with E-state index in [2.05, 4.69) is 15.8 Å². The third-order valence-corrected chi connectivity index (χ3v) is 4.45. The van der Waals surface area contributed by atoms with E-state index in [0.717, 1.165) is 50.5 Å². The summed E-state index contributed by atoms with van der Waals surface area (Å²) in [6.45, 7) is 0. The van der Waals surface area contributed by atoms with E-state index in [4.69, 9.17) is 0 Å². The maximum Gasteiger partial charge on any atom is 0.251 e. The van der Waals surface area contributed by atoms with Crippen molar-refractivity contribution >= 4 is 21.7 Å². The van der Waals surface area contributed by atoms with Gasteiger partial charge in [-0.2, -0.15) is 4.40 Å². The quantitative estimate of drug-likeness (QED) is 0.644. The zero-order chi connectivity index (χ0) is 14.3. The lowest BCUT2D eigenvalue weighted by molar-refractivity contribution is -0.213. The van der Waals surface area contributed by atoms with Crippen molar-refractivity contribution in [3.05, 3.63) is 28.3 Å². The van der Waals surface area contributed by atoms with Crippen molar-refractivity contribution in [3.8, 4) is 0 Å². The van der Waals surface area contributed by atoms with Gasteiger partial charge in [0.1, 0.15) is 0 Å². The second-order valence-electron chi connectivity index (χ2n) is 5.49. The standard InChI is InChI=1S/C14H18N2O3S/c1-20(18,19)16-14(17)15-13-11-6-2-4-9(11)8-10-5-3-7-12(10)13/h8H,2-7H2,1H3,(H2,15,16,17)/p-1. The van der Waals surface area contributed by atoms with E-state index in [1.807, 2.05) is 0 Å². The van der Waals surface area contributed by atoms with Crippen LogP contribution >= 0.6 is 0 Å². The molecule has 0 radical (unpaired) electrons. The first kappa shape index (κ1) is 13.4. The zero-order valence-electron chi connectivity index (χ0n) is 11.4. The highest BCUT2D eigenvalue weighted by atomic mass is 32.2. The minimum atomic E-state index is -3.66. The molecular formula is C14H17N2O3S-. The molecule has 0 fully saturated rings. The molecule has 0 bridgehead atoms. The van der Waals surface area contributed by atoms with Crippen LogP contribution in [0.5, 0.6) is 0 Å². The van der Waals surface area contributed by atoms with Gasteiger partial charge in [-0.1, -0.05) is 6.07 Å². The van der Waals surface area contributed by atoms with Crippen molar-refractivity contribution < 1.29 is 13.5 Å². The zero-order valence-corrected chi connectivity index (χ0v) is 12.2. The summed E-state index contributed by atoms with van der Waals surface area (Å²) in [5.41, 5.74) is 5.75. The molecule has 0 saturated carbocycles. The van der Waals surface area contributed by atoms with Gasteiger partial charge in [-0.15, -0.1) is 0 Å². The third-order valence-electron chi connectivity index (χ3n) is 3.95. The molecule has 2 aliphatic carbocycles. The van der Waals surface area contributed by atoms with Crippen LogP contribution in [0.1, 0.15) is 35.1 Å². The van der Waals surface area contributed by atoms with Crippen LogP contribution < -0.4 is 10.4 Å². The molecule has 1 N–H and O–H groups in total. The normalized spacial score (nSPS) is 17.9. The SMILES string of the molecule is CS(=O)(=O)/N=C(\[O-])Nc1c2c(cc3c1CCC3)CCC2. The van der Waals surface area contributed by atoms with E-state index in [1.165, 1.54) is 22.3 Å². The summed E-state index contributed by atoms with van der Waals surface area (Å²) >= 11 is 0. The fraction of sp³-hybridized carbons (Fsp3) is 0.500. The summed E-state index contributed by atoms with van der Waals surface area (Å²) in [6, 6.07) is 1.47. The Kier molecular flexibility index (Phi) is 3.20. The Morgan fingerprint density at radius 2 is 1.70 bits per heavy atom. The molecule has 3 rings (SSSR count). The Labute approximate surface area is 118 Å². The molecule has 0 saturated heterocycles. The topological polar surface area (TPSA) is 81.6 Å². The largest absolute Gasteiger partial charge is 0.845 e. The van der Waals surface area contributed by atoms with Crippen LogP contribution in [0.2, 0.25) is 0 Å². The highest BCUT2D eigenvalue weighted by molar-refractivity contribution is 7.89. The monoisotopic (exact) mass is 293 g/mol. The maximum absolute atomic E-state index is 11.8. The molecule has 0 heterocycles. The molecule has 2 aliphatic rings. The number of anilines is 1. The van der Waals surface area contributed by atoms with Crippen molar-refractivity contribution in [1.29, 1.82) is 0 Å². The van der Waals surface area contributed by atoms with E-state index >= 15 is 0 Å². The molecule has 0 unspecified atom stereocenters. The van der Waals surface area contributed by atoms with Crippen LogP contribution in [0.25, 0.3) is 0 Å². The summed E-state index contributed by atoms with van der Waals surface area (Å²) in [5.74, 6) is 0. The van der Waals surface area contributed by atoms with Crippen LogP contribution in [0.3, 0.4) is 0 Å². The number of sulfonamides is 1. The number of nitrogens with zero attached hydrogens (tertiary/aromatic N) is 1. The first-order chi connectivity index (χ1) is 9.44. The molecule has 108 valence electrons. The van der Waals surface area contributed by atoms with Gasteiger partial charge in [0.15, 0.2) is 0 Å². The molecular weight excluding hydrogens is 276 g/mol. The molecule has 1 aromatic carbocycles. The molecule has 0 amide bonds. The summed E-state index contributed by atoms with van der Waals surface area (Å²) < 4.78 is 25.3. The lowest BCUT2D eigenvalue weighted by Gasteiger charge is -2.20. The van der Waals surface area contributed by atoms with Gasteiger partial charge < -0.3 is 10.4 Å². The van der Waals surface area contributed by atoms with Crippen molar-refractivity contribution in [2.75, 3.05) is 11.6 Å². The van der Waals surface area contributed by atoms with Gasteiger partial charge in [0.05, 0.1) is 12.3 Å². The lowest BCUT2D eigenvalue weighted by atomic mass is 9.99. The van der Waals surface area contributed by atoms with Gasteiger partial charge in [0, 0.05) is 5.69 Å². The van der Waals surface area contributed by atoms with E-state index in [9.17, 15) is 13.5 Å². The Bertz CT molecular complexity index is 661. The number of nitrogens with one attached hydrogen (secondary N) is 1. The number of rotatable bonds is 2. The first-order valence-corrected chi connectivity index (χ1v) is 8.69. The average molecular weight is 293 g/mol. The van der Waals surface area contributed by atoms with Gasteiger partial charge in [0.25, 0.3) is 10.0 Å². The molecule has 0 aromatic heterocycles. The van der Waals surface area contributed by atoms with Gasteiger partial charge in [-0.3, -0.25) is 0 Å². The van der Waals surface area contributed by atoms with Crippen LogP contribution in [-0.2, 0) is 35.7 Å². The number of hydrogen-bond acceptors (Lipinski definition) is 3. The van der Waals surface area contributed by atoms with Gasteiger partial charge in [-0.25, -0.2) is 8.42 Å². The van der Waals surface area contributed by atoms with Crippen LogP contribution in [0, 0.1) is 0 Å². The molecule has 5 nitrogen and oxygen atoms in total. The Balaban J connectivity index is 2.04. The maximum atomic E-state index is 11.8. The van der Waals surface area contributed by atoms with E-state index in [0.29, 0.717) is 0 Å². The number of aryl methyl sites for hydroxylation is 2. The Hall–Kier alpha value is -1.56. The third kappa shape index (κ3) is 2.52. The van der Waals surface area contributed by atoms with Crippen LogP contribution in [0.4, 0.5) is 5.69 Å². The van der Waals surface area contributed by atoms with Gasteiger partial charge >= 0.3 is 0 Å².